The Morgan fingerprint density at radius 1 is 1.29 bits per heavy atom. The van der Waals surface area contributed by atoms with Crippen LogP contribution < -0.4 is 0 Å². The molecule has 1 atom stereocenters. The fourth-order valence-electron chi connectivity index (χ4n) is 1.50. The quantitative estimate of drug-likeness (QED) is 0.779. The maximum absolute atomic E-state index is 6.07. The molecule has 0 spiro atoms. The molecule has 0 bridgehead atoms. The average molecular weight is 273 g/mol. The Bertz CT molecular complexity index is 346. The van der Waals surface area contributed by atoms with Crippen molar-refractivity contribution in [2.24, 2.45) is 11.3 Å². The molecule has 1 aromatic carbocycles. The van der Waals surface area contributed by atoms with Gasteiger partial charge in [0.2, 0.25) is 0 Å². The molecule has 0 saturated carbocycles. The minimum Gasteiger partial charge on any atom is -0.376 e. The van der Waals surface area contributed by atoms with Crippen LogP contribution in [0.25, 0.3) is 0 Å². The van der Waals surface area contributed by atoms with Crippen molar-refractivity contribution in [1.29, 1.82) is 0 Å². The van der Waals surface area contributed by atoms with Crippen molar-refractivity contribution in [3.63, 3.8) is 0 Å². The molecule has 17 heavy (non-hydrogen) atoms. The number of hydrogen-bond acceptors (Lipinski definition) is 2. The maximum atomic E-state index is 6.07. The summed E-state index contributed by atoms with van der Waals surface area (Å²) in [6.07, 6.45) is 0. The smallest absolute Gasteiger partial charge is 0.0731 e. The maximum Gasteiger partial charge on any atom is 0.0731 e. The minimum absolute atomic E-state index is 0.224. The summed E-state index contributed by atoms with van der Waals surface area (Å²) in [5.74, 6) is 1.29. The number of benzene rings is 1. The lowest BCUT2D eigenvalue weighted by Gasteiger charge is -2.29. The molecule has 0 aliphatic heterocycles. The molecule has 0 heterocycles. The van der Waals surface area contributed by atoms with Crippen LogP contribution in [0.5, 0.6) is 0 Å². The molecule has 0 aliphatic rings. The Morgan fingerprint density at radius 2 is 1.94 bits per heavy atom. The standard InChI is InChI=1S/C14H21ClOS/c1-14(2,3)12(10-17)9-16-8-11-6-4-5-7-13(11)15/h4-7,12,17H,8-10H2,1-3H3. The molecule has 0 fully saturated rings. The first-order chi connectivity index (χ1) is 7.95. The van der Waals surface area contributed by atoms with E-state index in [-0.39, 0.29) is 5.41 Å². The van der Waals surface area contributed by atoms with Crippen molar-refractivity contribution >= 4 is 24.2 Å². The molecule has 1 nitrogen and oxygen atoms in total. The second-order valence-corrected chi connectivity index (χ2v) is 6.12. The lowest BCUT2D eigenvalue weighted by Crippen LogP contribution is -2.26. The number of ether oxygens (including phenoxy) is 1. The highest BCUT2D eigenvalue weighted by Gasteiger charge is 2.23. The zero-order valence-corrected chi connectivity index (χ0v) is 12.4. The molecule has 0 aliphatic carbocycles. The first-order valence-corrected chi connectivity index (χ1v) is 6.88. The van der Waals surface area contributed by atoms with Gasteiger partial charge in [0, 0.05) is 5.02 Å². The summed E-state index contributed by atoms with van der Waals surface area (Å²) in [6.45, 7) is 7.94. The number of rotatable bonds is 5. The van der Waals surface area contributed by atoms with Crippen molar-refractivity contribution in [1.82, 2.24) is 0 Å². The van der Waals surface area contributed by atoms with Crippen LogP contribution in [0.2, 0.25) is 5.02 Å². The molecule has 0 N–H and O–H groups in total. The Balaban J connectivity index is 2.45. The van der Waals surface area contributed by atoms with Gasteiger partial charge in [-0.15, -0.1) is 0 Å². The van der Waals surface area contributed by atoms with E-state index in [1.807, 2.05) is 24.3 Å². The third kappa shape index (κ3) is 4.90. The molecule has 1 aromatic rings. The van der Waals surface area contributed by atoms with Gasteiger partial charge in [-0.25, -0.2) is 0 Å². The normalized spacial score (nSPS) is 13.7. The van der Waals surface area contributed by atoms with E-state index < -0.39 is 0 Å². The molecule has 96 valence electrons. The Kier molecular flexibility index (Phi) is 5.84. The monoisotopic (exact) mass is 272 g/mol. The number of thiol groups is 1. The highest BCUT2D eigenvalue weighted by Crippen LogP contribution is 2.27. The molecule has 3 heteroatoms. The predicted octanol–water partition coefficient (Wildman–Crippen LogP) is 4.45. The summed E-state index contributed by atoms with van der Waals surface area (Å²) in [4.78, 5) is 0. The van der Waals surface area contributed by atoms with Gasteiger partial charge in [-0.1, -0.05) is 50.6 Å². The predicted molar refractivity (Wildman–Crippen MR) is 77.9 cm³/mol. The fourth-order valence-corrected chi connectivity index (χ4v) is 2.35. The lowest BCUT2D eigenvalue weighted by molar-refractivity contribution is 0.0561. The summed E-state index contributed by atoms with van der Waals surface area (Å²) < 4.78 is 5.75. The molecule has 0 radical (unpaired) electrons. The van der Waals surface area contributed by atoms with E-state index in [1.165, 1.54) is 0 Å². The van der Waals surface area contributed by atoms with Gasteiger partial charge in [0.05, 0.1) is 13.2 Å². The lowest BCUT2D eigenvalue weighted by atomic mass is 9.82. The molecular weight excluding hydrogens is 252 g/mol. The van der Waals surface area contributed by atoms with Gasteiger partial charge >= 0.3 is 0 Å². The van der Waals surface area contributed by atoms with E-state index in [0.717, 1.165) is 22.9 Å². The topological polar surface area (TPSA) is 9.23 Å². The first kappa shape index (κ1) is 14.9. The molecule has 0 aromatic heterocycles. The van der Waals surface area contributed by atoms with Crippen molar-refractivity contribution in [3.8, 4) is 0 Å². The second-order valence-electron chi connectivity index (χ2n) is 5.35. The van der Waals surface area contributed by atoms with E-state index in [1.54, 1.807) is 0 Å². The average Bonchev–Trinajstić information content (AvgIpc) is 2.25. The van der Waals surface area contributed by atoms with Gasteiger partial charge in [-0.05, 0) is 28.7 Å². The largest absolute Gasteiger partial charge is 0.376 e. The molecule has 0 amide bonds. The summed E-state index contributed by atoms with van der Waals surface area (Å²) in [6, 6.07) is 7.79. The molecule has 0 saturated heterocycles. The molecule has 1 rings (SSSR count). The van der Waals surface area contributed by atoms with E-state index >= 15 is 0 Å². The molecular formula is C14H21ClOS. The number of hydrogen-bond donors (Lipinski definition) is 1. The van der Waals surface area contributed by atoms with Crippen LogP contribution in [-0.2, 0) is 11.3 Å². The van der Waals surface area contributed by atoms with Crippen molar-refractivity contribution < 1.29 is 4.74 Å². The highest BCUT2D eigenvalue weighted by atomic mass is 35.5. The second kappa shape index (κ2) is 6.67. The van der Waals surface area contributed by atoms with E-state index in [4.69, 9.17) is 16.3 Å². The van der Waals surface area contributed by atoms with Crippen LogP contribution >= 0.6 is 24.2 Å². The zero-order chi connectivity index (χ0) is 12.9. The SMILES string of the molecule is CC(C)(C)C(CS)COCc1ccccc1Cl. The van der Waals surface area contributed by atoms with Gasteiger partial charge in [0.1, 0.15) is 0 Å². The van der Waals surface area contributed by atoms with E-state index in [2.05, 4.69) is 33.4 Å². The fraction of sp³-hybridized carbons (Fsp3) is 0.571. The van der Waals surface area contributed by atoms with Crippen LogP contribution in [0.4, 0.5) is 0 Å². The van der Waals surface area contributed by atoms with Crippen molar-refractivity contribution in [3.05, 3.63) is 34.9 Å². The minimum atomic E-state index is 0.224. The van der Waals surface area contributed by atoms with Gasteiger partial charge in [0.25, 0.3) is 0 Å². The van der Waals surface area contributed by atoms with Gasteiger partial charge in [0.15, 0.2) is 0 Å². The van der Waals surface area contributed by atoms with Crippen LogP contribution in [0.15, 0.2) is 24.3 Å². The zero-order valence-electron chi connectivity index (χ0n) is 10.7. The van der Waals surface area contributed by atoms with Gasteiger partial charge < -0.3 is 4.74 Å². The number of halogens is 1. The van der Waals surface area contributed by atoms with Crippen LogP contribution in [0, 0.1) is 11.3 Å². The Labute approximate surface area is 115 Å². The highest BCUT2D eigenvalue weighted by molar-refractivity contribution is 7.80. The Morgan fingerprint density at radius 3 is 2.47 bits per heavy atom. The first-order valence-electron chi connectivity index (χ1n) is 5.87. The third-order valence-corrected chi connectivity index (χ3v) is 3.79. The van der Waals surface area contributed by atoms with Crippen molar-refractivity contribution in [2.45, 2.75) is 27.4 Å². The van der Waals surface area contributed by atoms with Crippen LogP contribution in [0.3, 0.4) is 0 Å². The van der Waals surface area contributed by atoms with Crippen LogP contribution in [-0.4, -0.2) is 12.4 Å². The summed E-state index contributed by atoms with van der Waals surface area (Å²) >= 11 is 10.5. The Hall–Kier alpha value is -0.180. The van der Waals surface area contributed by atoms with E-state index in [0.29, 0.717) is 12.5 Å². The van der Waals surface area contributed by atoms with Gasteiger partial charge in [-0.2, -0.15) is 12.6 Å². The van der Waals surface area contributed by atoms with Crippen molar-refractivity contribution in [2.75, 3.05) is 12.4 Å². The summed E-state index contributed by atoms with van der Waals surface area (Å²) in [5.41, 5.74) is 1.27. The van der Waals surface area contributed by atoms with E-state index in [9.17, 15) is 0 Å². The molecule has 1 unspecified atom stereocenters. The van der Waals surface area contributed by atoms with Gasteiger partial charge in [-0.3, -0.25) is 0 Å². The summed E-state index contributed by atoms with van der Waals surface area (Å²) in [7, 11) is 0. The van der Waals surface area contributed by atoms with Crippen LogP contribution in [0.1, 0.15) is 26.3 Å². The third-order valence-electron chi connectivity index (χ3n) is 2.98. The summed E-state index contributed by atoms with van der Waals surface area (Å²) in [5, 5.41) is 0.769.